The fourth-order valence-electron chi connectivity index (χ4n) is 5.92. The first kappa shape index (κ1) is 33.3. The van der Waals surface area contributed by atoms with E-state index in [1.54, 1.807) is 6.20 Å². The average Bonchev–Trinajstić information content (AvgIpc) is 3.29. The fraction of sp³-hybridized carbons (Fsp3) is 0.378. The van der Waals surface area contributed by atoms with Crippen molar-refractivity contribution < 1.29 is 14.3 Å². The summed E-state index contributed by atoms with van der Waals surface area (Å²) in [6.07, 6.45) is 7.70. The Bertz CT molecular complexity index is 1830. The van der Waals surface area contributed by atoms with Gasteiger partial charge < -0.3 is 19.7 Å². The van der Waals surface area contributed by atoms with Crippen molar-refractivity contribution in [3.63, 3.8) is 0 Å². The second-order valence-electron chi connectivity index (χ2n) is 13.7. The molecule has 0 spiro atoms. The molecule has 1 saturated heterocycles. The van der Waals surface area contributed by atoms with Crippen LogP contribution in [0.3, 0.4) is 0 Å². The lowest BCUT2D eigenvalue weighted by molar-refractivity contribution is 0.0818. The molecule has 10 nitrogen and oxygen atoms in total. The zero-order valence-electron chi connectivity index (χ0n) is 28.4. The molecule has 250 valence electrons. The maximum absolute atomic E-state index is 12.6. The van der Waals surface area contributed by atoms with E-state index in [0.717, 1.165) is 88.9 Å². The summed E-state index contributed by atoms with van der Waals surface area (Å²) in [5, 5.41) is 9.10. The standard InChI is InChI=1S/C37H45N7O3Si/c1-27-14-15-32(41-36(27)43-18-9-13-30(16-19-43)40-37(45)47-25-28-10-6-5-7-11-28)35-31-22-33(29-12-8-17-38-23-29)39-24-34(31)44(42-35)26-46-20-21-48(2,3)4/h5-8,10-12,14-15,17,22-24,30H,9,13,16,18-21,25-26H2,1-4H3,(H,40,45)/t30-/m0/s1. The Morgan fingerprint density at radius 3 is 2.65 bits per heavy atom. The highest BCUT2D eigenvalue weighted by Gasteiger charge is 2.23. The number of nitrogens with one attached hydrogen (secondary N) is 1. The van der Waals surface area contributed by atoms with Crippen LogP contribution in [-0.2, 0) is 22.8 Å². The highest BCUT2D eigenvalue weighted by Crippen LogP contribution is 2.32. The number of hydrogen-bond donors (Lipinski definition) is 1. The van der Waals surface area contributed by atoms with E-state index in [1.807, 2.05) is 65.6 Å². The quantitative estimate of drug-likeness (QED) is 0.115. The molecule has 1 N–H and O–H groups in total. The normalized spacial score (nSPS) is 15.3. The lowest BCUT2D eigenvalue weighted by Gasteiger charge is -2.24. The maximum Gasteiger partial charge on any atom is 0.407 e. The Balaban J connectivity index is 1.21. The highest BCUT2D eigenvalue weighted by molar-refractivity contribution is 6.76. The molecule has 1 fully saturated rings. The van der Waals surface area contributed by atoms with Crippen molar-refractivity contribution in [2.45, 2.75) is 71.3 Å². The van der Waals surface area contributed by atoms with Crippen molar-refractivity contribution in [3.8, 4) is 22.6 Å². The monoisotopic (exact) mass is 663 g/mol. The summed E-state index contributed by atoms with van der Waals surface area (Å²) in [6.45, 7) is 12.1. The first-order valence-corrected chi connectivity index (χ1v) is 20.5. The molecule has 1 aliphatic rings. The second-order valence-corrected chi connectivity index (χ2v) is 19.3. The van der Waals surface area contributed by atoms with E-state index in [0.29, 0.717) is 13.3 Å². The van der Waals surface area contributed by atoms with E-state index in [1.165, 1.54) is 0 Å². The van der Waals surface area contributed by atoms with Crippen molar-refractivity contribution in [2.75, 3.05) is 24.6 Å². The topological polar surface area (TPSA) is 107 Å². The van der Waals surface area contributed by atoms with Crippen LogP contribution in [0, 0.1) is 6.92 Å². The lowest BCUT2D eigenvalue weighted by Crippen LogP contribution is -2.36. The van der Waals surface area contributed by atoms with Crippen molar-refractivity contribution >= 4 is 30.9 Å². The predicted octanol–water partition coefficient (Wildman–Crippen LogP) is 7.46. The number of benzene rings is 1. The molecule has 1 aromatic carbocycles. The molecule has 4 aromatic heterocycles. The largest absolute Gasteiger partial charge is 0.445 e. The number of aromatic nitrogens is 5. The second kappa shape index (κ2) is 15.1. The Morgan fingerprint density at radius 2 is 1.85 bits per heavy atom. The Labute approximate surface area is 283 Å². The summed E-state index contributed by atoms with van der Waals surface area (Å²) in [6, 6.07) is 21.0. The predicted molar refractivity (Wildman–Crippen MR) is 192 cm³/mol. The van der Waals surface area contributed by atoms with Gasteiger partial charge in [-0.15, -0.1) is 0 Å². The Morgan fingerprint density at radius 1 is 1.00 bits per heavy atom. The lowest BCUT2D eigenvalue weighted by atomic mass is 10.1. The molecule has 5 heterocycles. The third-order valence-electron chi connectivity index (χ3n) is 8.68. The van der Waals surface area contributed by atoms with Gasteiger partial charge in [-0.3, -0.25) is 9.97 Å². The number of anilines is 1. The molecule has 6 rings (SSSR count). The van der Waals surface area contributed by atoms with Crippen LogP contribution in [0.15, 0.2) is 79.3 Å². The zero-order valence-corrected chi connectivity index (χ0v) is 29.4. The van der Waals surface area contributed by atoms with Crippen LogP contribution in [0.5, 0.6) is 0 Å². The Kier molecular flexibility index (Phi) is 10.5. The summed E-state index contributed by atoms with van der Waals surface area (Å²) < 4.78 is 13.5. The van der Waals surface area contributed by atoms with Crippen LogP contribution in [0.4, 0.5) is 10.6 Å². The molecule has 1 aliphatic heterocycles. The van der Waals surface area contributed by atoms with Crippen molar-refractivity contribution in [1.82, 2.24) is 30.0 Å². The molecule has 0 bridgehead atoms. The fourth-order valence-corrected chi connectivity index (χ4v) is 6.67. The van der Waals surface area contributed by atoms with Crippen LogP contribution in [0.25, 0.3) is 33.5 Å². The first-order valence-electron chi connectivity index (χ1n) is 16.8. The molecule has 1 amide bonds. The van der Waals surface area contributed by atoms with Crippen molar-refractivity contribution in [2.24, 2.45) is 0 Å². The highest BCUT2D eigenvalue weighted by atomic mass is 28.3. The molecule has 0 aliphatic carbocycles. The van der Waals surface area contributed by atoms with Crippen LogP contribution >= 0.6 is 0 Å². The minimum atomic E-state index is -1.22. The molecule has 11 heteroatoms. The minimum Gasteiger partial charge on any atom is -0.445 e. The number of aryl methyl sites for hydroxylation is 1. The summed E-state index contributed by atoms with van der Waals surface area (Å²) in [7, 11) is -1.22. The third kappa shape index (κ3) is 8.45. The van der Waals surface area contributed by atoms with Gasteiger partial charge in [-0.25, -0.2) is 14.5 Å². The number of ether oxygens (including phenoxy) is 2. The van der Waals surface area contributed by atoms with Crippen molar-refractivity contribution in [1.29, 1.82) is 0 Å². The molecule has 0 unspecified atom stereocenters. The van der Waals surface area contributed by atoms with Crippen LogP contribution in [0.2, 0.25) is 25.7 Å². The van der Waals surface area contributed by atoms with Crippen LogP contribution < -0.4 is 10.2 Å². The molecule has 1 atom stereocenters. The molecular formula is C37H45N7O3Si. The van der Waals surface area contributed by atoms with E-state index in [2.05, 4.69) is 53.9 Å². The van der Waals surface area contributed by atoms with Gasteiger partial charge in [0.05, 0.1) is 23.1 Å². The van der Waals surface area contributed by atoms with Gasteiger partial charge >= 0.3 is 6.09 Å². The number of nitrogens with zero attached hydrogens (tertiary/aromatic N) is 6. The number of alkyl carbamates (subject to hydrolysis) is 1. The van der Waals surface area contributed by atoms with E-state index in [9.17, 15) is 4.79 Å². The van der Waals surface area contributed by atoms with Gasteiger partial charge in [-0.05, 0) is 67.6 Å². The molecule has 0 saturated carbocycles. The van der Waals surface area contributed by atoms with Gasteiger partial charge in [0, 0.05) is 57.2 Å². The van der Waals surface area contributed by atoms with Crippen LogP contribution in [0.1, 0.15) is 30.4 Å². The number of carbonyl (C=O) groups is 1. The summed E-state index contributed by atoms with van der Waals surface area (Å²) in [5.74, 6) is 0.940. The molecule has 5 aromatic rings. The number of amides is 1. The van der Waals surface area contributed by atoms with E-state index in [-0.39, 0.29) is 18.7 Å². The zero-order chi connectivity index (χ0) is 33.5. The number of carbonyl (C=O) groups excluding carboxylic acids is 1. The van der Waals surface area contributed by atoms with Gasteiger partial charge in [-0.1, -0.05) is 56.0 Å². The van der Waals surface area contributed by atoms with Gasteiger partial charge in [-0.2, -0.15) is 5.10 Å². The number of hydrogen-bond acceptors (Lipinski definition) is 8. The van der Waals surface area contributed by atoms with Gasteiger partial charge in [0.1, 0.15) is 24.8 Å². The Hall–Kier alpha value is -4.61. The number of rotatable bonds is 11. The minimum absolute atomic E-state index is 0.0424. The summed E-state index contributed by atoms with van der Waals surface area (Å²) >= 11 is 0. The van der Waals surface area contributed by atoms with Gasteiger partial charge in [0.25, 0.3) is 0 Å². The molecule has 48 heavy (non-hydrogen) atoms. The van der Waals surface area contributed by atoms with E-state index < -0.39 is 8.07 Å². The van der Waals surface area contributed by atoms with E-state index >= 15 is 0 Å². The smallest absolute Gasteiger partial charge is 0.407 e. The molecular weight excluding hydrogens is 619 g/mol. The molecule has 0 radical (unpaired) electrons. The third-order valence-corrected chi connectivity index (χ3v) is 10.4. The van der Waals surface area contributed by atoms with E-state index in [4.69, 9.17) is 24.5 Å². The first-order chi connectivity index (χ1) is 23.2. The van der Waals surface area contributed by atoms with Gasteiger partial charge in [0.15, 0.2) is 0 Å². The van der Waals surface area contributed by atoms with Crippen molar-refractivity contribution in [3.05, 3.63) is 90.4 Å². The van der Waals surface area contributed by atoms with Crippen LogP contribution in [-0.4, -0.2) is 64.6 Å². The van der Waals surface area contributed by atoms with Gasteiger partial charge in [0.2, 0.25) is 0 Å². The maximum atomic E-state index is 12.6. The number of pyridine rings is 3. The summed E-state index contributed by atoms with van der Waals surface area (Å²) in [4.78, 5) is 29.2. The average molecular weight is 664 g/mol. The number of fused-ring (bicyclic) bond motifs is 1. The SMILES string of the molecule is Cc1ccc(-c2nn(COCC[Si](C)(C)C)c3cnc(-c4cccnc4)cc23)nc1N1CCC[C@H](NC(=O)OCc2ccccc2)CC1. The summed E-state index contributed by atoms with van der Waals surface area (Å²) in [5.41, 5.74) is 6.34.